The van der Waals surface area contributed by atoms with Gasteiger partial charge in [-0.15, -0.1) is 0 Å². The Hall–Kier alpha value is -1.37. The van der Waals surface area contributed by atoms with E-state index in [1.807, 2.05) is 43.3 Å². The summed E-state index contributed by atoms with van der Waals surface area (Å²) in [6.07, 6.45) is 2.27. The van der Waals surface area contributed by atoms with Gasteiger partial charge in [0.25, 0.3) is 0 Å². The fourth-order valence-electron chi connectivity index (χ4n) is 4.32. The van der Waals surface area contributed by atoms with Crippen molar-refractivity contribution in [3.63, 3.8) is 0 Å². The lowest BCUT2D eigenvalue weighted by Crippen LogP contribution is -2.53. The maximum Gasteiger partial charge on any atom is 0.119 e. The van der Waals surface area contributed by atoms with Crippen molar-refractivity contribution in [2.24, 2.45) is 17.8 Å². The van der Waals surface area contributed by atoms with Gasteiger partial charge in [-0.3, -0.25) is 0 Å². The van der Waals surface area contributed by atoms with E-state index in [4.69, 9.17) is 16.3 Å². The predicted octanol–water partition coefficient (Wildman–Crippen LogP) is 2.41. The summed E-state index contributed by atoms with van der Waals surface area (Å²) in [6.45, 7) is 2.36. The topological polar surface area (TPSA) is 90.2 Å². The summed E-state index contributed by atoms with van der Waals surface area (Å²) in [5.41, 5.74) is 2.20. The van der Waals surface area contributed by atoms with Crippen LogP contribution in [0.5, 0.6) is 5.75 Å². The normalized spacial score (nSPS) is 33.2. The smallest absolute Gasteiger partial charge is 0.119 e. The van der Waals surface area contributed by atoms with Gasteiger partial charge >= 0.3 is 0 Å². The van der Waals surface area contributed by atoms with Crippen LogP contribution in [0.4, 0.5) is 0 Å². The Labute approximate surface area is 170 Å². The van der Waals surface area contributed by atoms with Crippen LogP contribution in [0.1, 0.15) is 25.3 Å². The molecule has 6 heteroatoms. The van der Waals surface area contributed by atoms with Gasteiger partial charge in [-0.25, -0.2) is 0 Å². The molecule has 4 N–H and O–H groups in total. The quantitative estimate of drug-likeness (QED) is 0.580. The molecule has 0 radical (unpaired) electrons. The molecule has 6 atom stereocenters. The molecule has 3 rings (SSSR count). The lowest BCUT2D eigenvalue weighted by Gasteiger charge is -2.43. The Kier molecular flexibility index (Phi) is 7.18. The molecular weight excluding hydrogens is 380 g/mol. The average Bonchev–Trinajstić information content (AvgIpc) is 2.70. The van der Waals surface area contributed by atoms with Gasteiger partial charge in [0, 0.05) is 17.6 Å². The number of halogens is 1. The second-order valence-electron chi connectivity index (χ2n) is 7.75. The minimum Gasteiger partial charge on any atom is -0.494 e. The molecule has 5 nitrogen and oxygen atoms in total. The van der Waals surface area contributed by atoms with Crippen molar-refractivity contribution in [3.8, 4) is 5.75 Å². The molecule has 0 bridgehead atoms. The van der Waals surface area contributed by atoms with Crippen molar-refractivity contribution in [2.75, 3.05) is 13.2 Å². The van der Waals surface area contributed by atoms with Crippen molar-refractivity contribution in [1.29, 1.82) is 0 Å². The first kappa shape index (κ1) is 21.3. The number of hydrogen-bond donors (Lipinski definition) is 4. The maximum atomic E-state index is 10.5. The van der Waals surface area contributed by atoms with E-state index in [-0.39, 0.29) is 18.4 Å². The Morgan fingerprint density at radius 1 is 1.07 bits per heavy atom. The van der Waals surface area contributed by atoms with Gasteiger partial charge in [0.15, 0.2) is 0 Å². The van der Waals surface area contributed by atoms with E-state index in [2.05, 4.69) is 0 Å². The number of rotatable bonds is 6. The van der Waals surface area contributed by atoms with Gasteiger partial charge in [-0.1, -0.05) is 29.8 Å². The van der Waals surface area contributed by atoms with Gasteiger partial charge in [-0.05, 0) is 67.4 Å². The van der Waals surface area contributed by atoms with Crippen LogP contribution in [-0.2, 0) is 6.42 Å². The molecule has 0 aliphatic heterocycles. The molecule has 0 aromatic heterocycles. The number of ether oxygens (including phenoxy) is 1. The average molecular weight is 409 g/mol. The van der Waals surface area contributed by atoms with E-state index in [1.54, 1.807) is 0 Å². The van der Waals surface area contributed by atoms with Crippen molar-refractivity contribution < 1.29 is 25.2 Å². The lowest BCUT2D eigenvalue weighted by atomic mass is 9.68. The molecule has 0 amide bonds. The number of hydrogen-bond acceptors (Lipinski definition) is 5. The molecule has 28 heavy (non-hydrogen) atoms. The van der Waals surface area contributed by atoms with Crippen LogP contribution in [0.3, 0.4) is 0 Å². The summed E-state index contributed by atoms with van der Waals surface area (Å²) in [5.74, 6) is 0.145. The van der Waals surface area contributed by atoms with Gasteiger partial charge in [-0.2, -0.15) is 0 Å². The predicted molar refractivity (Wildman–Crippen MR) is 108 cm³/mol. The first-order chi connectivity index (χ1) is 13.4. The van der Waals surface area contributed by atoms with Gasteiger partial charge < -0.3 is 25.2 Å². The van der Waals surface area contributed by atoms with Crippen LogP contribution < -0.4 is 4.74 Å². The third-order valence-electron chi connectivity index (χ3n) is 5.94. The zero-order valence-electron chi connectivity index (χ0n) is 16.0. The van der Waals surface area contributed by atoms with Gasteiger partial charge in [0.1, 0.15) is 11.9 Å². The second kappa shape index (κ2) is 9.42. The lowest BCUT2D eigenvalue weighted by molar-refractivity contribution is -0.148. The van der Waals surface area contributed by atoms with E-state index < -0.39 is 24.2 Å². The molecule has 0 heterocycles. The third-order valence-corrected chi connectivity index (χ3v) is 6.34. The fraction of sp³-hybridized carbons (Fsp3) is 0.545. The van der Waals surface area contributed by atoms with Gasteiger partial charge in [0.2, 0.25) is 0 Å². The van der Waals surface area contributed by atoms with Crippen LogP contribution >= 0.6 is 11.6 Å². The first-order valence-corrected chi connectivity index (χ1v) is 10.2. The van der Waals surface area contributed by atoms with Crippen molar-refractivity contribution in [1.82, 2.24) is 0 Å². The van der Waals surface area contributed by atoms with Crippen LogP contribution in [0.15, 0.2) is 47.0 Å². The largest absolute Gasteiger partial charge is 0.494 e. The molecule has 1 unspecified atom stereocenters. The second-order valence-corrected chi connectivity index (χ2v) is 8.15. The van der Waals surface area contributed by atoms with E-state index >= 15 is 0 Å². The molecule has 0 saturated heterocycles. The van der Waals surface area contributed by atoms with Crippen molar-refractivity contribution in [2.45, 2.75) is 44.5 Å². The summed E-state index contributed by atoms with van der Waals surface area (Å²) in [7, 11) is 0. The minimum atomic E-state index is -1.25. The monoisotopic (exact) mass is 408 g/mol. The Morgan fingerprint density at radius 3 is 2.43 bits per heavy atom. The highest BCUT2D eigenvalue weighted by Gasteiger charge is 2.45. The first-order valence-electron chi connectivity index (χ1n) is 9.87. The summed E-state index contributed by atoms with van der Waals surface area (Å²) >= 11 is 6.44. The highest BCUT2D eigenvalue weighted by molar-refractivity contribution is 6.31. The molecule has 1 fully saturated rings. The van der Waals surface area contributed by atoms with Crippen LogP contribution in [0.2, 0.25) is 0 Å². The molecule has 2 aliphatic rings. The zero-order valence-corrected chi connectivity index (χ0v) is 16.8. The fourth-order valence-corrected chi connectivity index (χ4v) is 4.53. The molecule has 154 valence electrons. The van der Waals surface area contributed by atoms with Crippen molar-refractivity contribution >= 4 is 11.6 Å². The van der Waals surface area contributed by atoms with E-state index in [0.717, 1.165) is 16.9 Å². The highest BCUT2D eigenvalue weighted by Crippen LogP contribution is 2.41. The minimum absolute atomic E-state index is 0.00796. The van der Waals surface area contributed by atoms with E-state index in [0.29, 0.717) is 30.9 Å². The molecular formula is C22H29ClO5. The maximum absolute atomic E-state index is 10.5. The SMILES string of the molecule is CCOc1ccc(CC2=C(Cl)C=CC([C@@H]3C[C@@H](CO)[C@@H](O)[C@H](O)[C@H]3O)C2)cc1. The molecule has 1 aromatic carbocycles. The van der Waals surface area contributed by atoms with Gasteiger partial charge in [0.05, 0.1) is 18.8 Å². The number of aliphatic hydroxyl groups is 4. The van der Waals surface area contributed by atoms with Crippen LogP contribution in [0.25, 0.3) is 0 Å². The Morgan fingerprint density at radius 2 is 1.79 bits per heavy atom. The molecule has 0 spiro atoms. The number of allylic oxidation sites excluding steroid dienone is 4. The molecule has 1 aromatic rings. The zero-order chi connectivity index (χ0) is 20.3. The van der Waals surface area contributed by atoms with Crippen LogP contribution in [-0.4, -0.2) is 52.0 Å². The van der Waals surface area contributed by atoms with E-state index in [1.165, 1.54) is 0 Å². The third kappa shape index (κ3) is 4.61. The molecule has 1 saturated carbocycles. The summed E-state index contributed by atoms with van der Waals surface area (Å²) in [6, 6.07) is 7.93. The van der Waals surface area contributed by atoms with Crippen molar-refractivity contribution in [3.05, 3.63) is 52.6 Å². The van der Waals surface area contributed by atoms with E-state index in [9.17, 15) is 20.4 Å². The number of aliphatic hydroxyl groups excluding tert-OH is 4. The summed E-state index contributed by atoms with van der Waals surface area (Å²) in [5, 5.41) is 41.0. The standard InChI is InChI=1S/C22H29ClO5/c1-2-28-17-6-3-13(4-7-17)9-15-10-14(5-8-19(15)23)18-11-16(12-24)20(25)22(27)21(18)26/h3-8,14,16,18,20-22,24-27H,2,9-12H2,1H3/t14?,16-,18-,20+,21-,22-/m0/s1. The summed E-state index contributed by atoms with van der Waals surface area (Å²) in [4.78, 5) is 0. The summed E-state index contributed by atoms with van der Waals surface area (Å²) < 4.78 is 5.48. The van der Waals surface area contributed by atoms with Crippen LogP contribution in [0, 0.1) is 17.8 Å². The Bertz CT molecular complexity index is 712. The Balaban J connectivity index is 1.71. The highest BCUT2D eigenvalue weighted by atomic mass is 35.5. The number of benzene rings is 1. The molecule has 2 aliphatic carbocycles.